The average molecular weight is 213 g/mol. The fourth-order valence-electron chi connectivity index (χ4n) is 1.69. The van der Waals surface area contributed by atoms with E-state index in [1.54, 1.807) is 0 Å². The number of halogens is 1. The second-order valence-corrected chi connectivity index (χ2v) is 4.81. The van der Waals surface area contributed by atoms with Crippen LogP contribution in [0.4, 0.5) is 0 Å². The molecule has 0 aliphatic heterocycles. The zero-order valence-corrected chi connectivity index (χ0v) is 9.94. The summed E-state index contributed by atoms with van der Waals surface area (Å²) in [5, 5.41) is 10.1. The highest BCUT2D eigenvalue weighted by atomic mass is 35.5. The highest BCUT2D eigenvalue weighted by Gasteiger charge is 2.24. The maximum Gasteiger partial charge on any atom is 0.0523 e. The Morgan fingerprint density at radius 1 is 1.29 bits per heavy atom. The standard InChI is InChI=1S/C12H17ClO/c1-8-5-6-10(13)11(9(8)2)12(3,4)7-14/h5-6,14H,7H2,1-4H3. The van der Waals surface area contributed by atoms with E-state index in [9.17, 15) is 5.11 Å². The van der Waals surface area contributed by atoms with Crippen molar-refractivity contribution in [2.45, 2.75) is 33.1 Å². The van der Waals surface area contributed by atoms with Gasteiger partial charge in [0.1, 0.15) is 0 Å². The Bertz CT molecular complexity index is 342. The van der Waals surface area contributed by atoms with E-state index in [2.05, 4.69) is 6.92 Å². The Kier molecular flexibility index (Phi) is 3.23. The first-order valence-corrected chi connectivity index (χ1v) is 5.15. The van der Waals surface area contributed by atoms with Crippen molar-refractivity contribution in [3.05, 3.63) is 33.8 Å². The maximum atomic E-state index is 9.33. The minimum absolute atomic E-state index is 0.108. The summed E-state index contributed by atoms with van der Waals surface area (Å²) < 4.78 is 0. The van der Waals surface area contributed by atoms with Crippen molar-refractivity contribution < 1.29 is 5.11 Å². The molecule has 0 unspecified atom stereocenters. The van der Waals surface area contributed by atoms with E-state index in [-0.39, 0.29) is 12.0 Å². The molecule has 0 bridgehead atoms. The summed E-state index contributed by atoms with van der Waals surface area (Å²) in [7, 11) is 0. The van der Waals surface area contributed by atoms with Crippen LogP contribution in [0.15, 0.2) is 12.1 Å². The van der Waals surface area contributed by atoms with Gasteiger partial charge < -0.3 is 5.11 Å². The first-order chi connectivity index (χ1) is 6.40. The predicted molar refractivity (Wildman–Crippen MR) is 61.0 cm³/mol. The number of benzene rings is 1. The molecule has 0 aromatic heterocycles. The van der Waals surface area contributed by atoms with Gasteiger partial charge in [0.25, 0.3) is 0 Å². The average Bonchev–Trinajstić information content (AvgIpc) is 2.12. The van der Waals surface area contributed by atoms with Crippen LogP contribution < -0.4 is 0 Å². The second kappa shape index (κ2) is 3.92. The molecule has 0 atom stereocenters. The van der Waals surface area contributed by atoms with Crippen LogP contribution in [-0.2, 0) is 5.41 Å². The number of aliphatic hydroxyl groups is 1. The zero-order valence-electron chi connectivity index (χ0n) is 9.19. The monoisotopic (exact) mass is 212 g/mol. The third-order valence-electron chi connectivity index (χ3n) is 2.76. The van der Waals surface area contributed by atoms with Crippen molar-refractivity contribution in [1.82, 2.24) is 0 Å². The molecular formula is C12H17ClO. The van der Waals surface area contributed by atoms with Gasteiger partial charge in [-0.15, -0.1) is 0 Å². The van der Waals surface area contributed by atoms with Crippen LogP contribution in [-0.4, -0.2) is 11.7 Å². The predicted octanol–water partition coefficient (Wildman–Crippen LogP) is 3.23. The molecule has 0 aliphatic rings. The number of hydrogen-bond donors (Lipinski definition) is 1. The first kappa shape index (κ1) is 11.5. The van der Waals surface area contributed by atoms with Gasteiger partial charge in [-0.1, -0.05) is 31.5 Å². The van der Waals surface area contributed by atoms with Gasteiger partial charge in [-0.2, -0.15) is 0 Å². The smallest absolute Gasteiger partial charge is 0.0523 e. The largest absolute Gasteiger partial charge is 0.395 e. The van der Waals surface area contributed by atoms with Crippen molar-refractivity contribution in [3.8, 4) is 0 Å². The molecule has 2 heteroatoms. The molecule has 0 heterocycles. The minimum atomic E-state index is -0.271. The van der Waals surface area contributed by atoms with Gasteiger partial charge in [0, 0.05) is 10.4 Å². The van der Waals surface area contributed by atoms with Crippen LogP contribution in [0.25, 0.3) is 0 Å². The van der Waals surface area contributed by atoms with Crippen LogP contribution in [0.3, 0.4) is 0 Å². The molecule has 14 heavy (non-hydrogen) atoms. The summed E-state index contributed by atoms with van der Waals surface area (Å²) in [5.41, 5.74) is 3.18. The van der Waals surface area contributed by atoms with Crippen LogP contribution in [0, 0.1) is 13.8 Å². The molecule has 1 N–H and O–H groups in total. The number of hydrogen-bond acceptors (Lipinski definition) is 1. The molecule has 0 saturated carbocycles. The highest BCUT2D eigenvalue weighted by Crippen LogP contribution is 2.33. The number of rotatable bonds is 2. The third-order valence-corrected chi connectivity index (χ3v) is 3.07. The summed E-state index contributed by atoms with van der Waals surface area (Å²) in [6.45, 7) is 8.22. The van der Waals surface area contributed by atoms with E-state index >= 15 is 0 Å². The lowest BCUT2D eigenvalue weighted by Crippen LogP contribution is -2.24. The van der Waals surface area contributed by atoms with E-state index in [1.807, 2.05) is 32.9 Å². The molecule has 0 amide bonds. The molecule has 0 radical (unpaired) electrons. The summed E-state index contributed by atoms with van der Waals surface area (Å²) in [5.74, 6) is 0. The second-order valence-electron chi connectivity index (χ2n) is 4.41. The van der Waals surface area contributed by atoms with Gasteiger partial charge in [-0.3, -0.25) is 0 Å². The normalized spacial score (nSPS) is 11.9. The topological polar surface area (TPSA) is 20.2 Å². The Morgan fingerprint density at radius 2 is 1.86 bits per heavy atom. The van der Waals surface area contributed by atoms with Crippen LogP contribution in [0.1, 0.15) is 30.5 Å². The zero-order chi connectivity index (χ0) is 10.9. The molecule has 1 aromatic carbocycles. The molecule has 1 aromatic rings. The quantitative estimate of drug-likeness (QED) is 0.798. The highest BCUT2D eigenvalue weighted by molar-refractivity contribution is 6.31. The van der Waals surface area contributed by atoms with E-state index in [0.29, 0.717) is 0 Å². The van der Waals surface area contributed by atoms with Crippen molar-refractivity contribution in [2.24, 2.45) is 0 Å². The van der Waals surface area contributed by atoms with Crippen molar-refractivity contribution in [1.29, 1.82) is 0 Å². The maximum absolute atomic E-state index is 9.33. The van der Waals surface area contributed by atoms with Gasteiger partial charge in [-0.25, -0.2) is 0 Å². The molecule has 0 fully saturated rings. The van der Waals surface area contributed by atoms with Crippen molar-refractivity contribution in [2.75, 3.05) is 6.61 Å². The summed E-state index contributed by atoms with van der Waals surface area (Å²) in [6, 6.07) is 3.91. The van der Waals surface area contributed by atoms with Gasteiger partial charge >= 0.3 is 0 Å². The SMILES string of the molecule is Cc1ccc(Cl)c(C(C)(C)CO)c1C. The Balaban J connectivity index is 3.40. The van der Waals surface area contributed by atoms with Crippen molar-refractivity contribution >= 4 is 11.6 Å². The van der Waals surface area contributed by atoms with Gasteiger partial charge in [0.15, 0.2) is 0 Å². The summed E-state index contributed by atoms with van der Waals surface area (Å²) in [6.07, 6.45) is 0. The lowest BCUT2D eigenvalue weighted by atomic mass is 9.81. The fraction of sp³-hybridized carbons (Fsp3) is 0.500. The number of aliphatic hydroxyl groups excluding tert-OH is 1. The summed E-state index contributed by atoms with van der Waals surface area (Å²) >= 11 is 6.15. The van der Waals surface area contributed by atoms with Crippen molar-refractivity contribution in [3.63, 3.8) is 0 Å². The molecule has 0 spiro atoms. The van der Waals surface area contributed by atoms with E-state index < -0.39 is 0 Å². The molecule has 1 rings (SSSR count). The van der Waals surface area contributed by atoms with Gasteiger partial charge in [-0.05, 0) is 36.6 Å². The Hall–Kier alpha value is -0.530. The van der Waals surface area contributed by atoms with Crippen LogP contribution in [0.5, 0.6) is 0 Å². The molecular weight excluding hydrogens is 196 g/mol. The van der Waals surface area contributed by atoms with Crippen LogP contribution >= 0.6 is 11.6 Å². The Labute approximate surface area is 90.7 Å². The van der Waals surface area contributed by atoms with E-state index in [4.69, 9.17) is 11.6 Å². The van der Waals surface area contributed by atoms with Gasteiger partial charge in [0.05, 0.1) is 6.61 Å². The summed E-state index contributed by atoms with van der Waals surface area (Å²) in [4.78, 5) is 0. The molecule has 1 nitrogen and oxygen atoms in total. The lowest BCUT2D eigenvalue weighted by Gasteiger charge is -2.26. The first-order valence-electron chi connectivity index (χ1n) is 4.77. The van der Waals surface area contributed by atoms with Gasteiger partial charge in [0.2, 0.25) is 0 Å². The number of aryl methyl sites for hydroxylation is 1. The minimum Gasteiger partial charge on any atom is -0.395 e. The van der Waals surface area contributed by atoms with E-state index in [1.165, 1.54) is 11.1 Å². The van der Waals surface area contributed by atoms with E-state index in [0.717, 1.165) is 10.6 Å². The third kappa shape index (κ3) is 1.94. The lowest BCUT2D eigenvalue weighted by molar-refractivity contribution is 0.218. The molecule has 78 valence electrons. The molecule has 0 aliphatic carbocycles. The molecule has 0 saturated heterocycles. The van der Waals surface area contributed by atoms with Crippen LogP contribution in [0.2, 0.25) is 5.02 Å². The Morgan fingerprint density at radius 3 is 2.36 bits per heavy atom. The fourth-order valence-corrected chi connectivity index (χ4v) is 2.15.